The standard InChI is InChI=1S/C16H24FNO/c1-5-18-16(13-6-8-14(17)9-7-13)15-10(2)11(3)19-12(15)4/h6-12,15-16,18H,5H2,1-4H3. The van der Waals surface area contributed by atoms with E-state index >= 15 is 0 Å². The van der Waals surface area contributed by atoms with E-state index in [1.54, 1.807) is 0 Å². The van der Waals surface area contributed by atoms with Gasteiger partial charge in [0.2, 0.25) is 0 Å². The molecular weight excluding hydrogens is 241 g/mol. The first-order valence-electron chi connectivity index (χ1n) is 7.19. The van der Waals surface area contributed by atoms with Gasteiger partial charge in [0, 0.05) is 12.0 Å². The molecule has 1 aliphatic rings. The predicted molar refractivity (Wildman–Crippen MR) is 75.5 cm³/mol. The van der Waals surface area contributed by atoms with Crippen molar-refractivity contribution in [2.24, 2.45) is 11.8 Å². The smallest absolute Gasteiger partial charge is 0.123 e. The summed E-state index contributed by atoms with van der Waals surface area (Å²) in [5.74, 6) is 0.723. The molecule has 1 fully saturated rings. The second kappa shape index (κ2) is 6.02. The molecule has 5 unspecified atom stereocenters. The molecule has 1 N–H and O–H groups in total. The van der Waals surface area contributed by atoms with Gasteiger partial charge >= 0.3 is 0 Å². The third-order valence-corrected chi connectivity index (χ3v) is 4.36. The van der Waals surface area contributed by atoms with E-state index < -0.39 is 0 Å². The molecule has 2 nitrogen and oxygen atoms in total. The maximum atomic E-state index is 13.1. The maximum absolute atomic E-state index is 13.1. The number of nitrogens with one attached hydrogen (secondary N) is 1. The van der Waals surface area contributed by atoms with E-state index in [2.05, 4.69) is 33.0 Å². The number of ether oxygens (including phenoxy) is 1. The summed E-state index contributed by atoms with van der Waals surface area (Å²) < 4.78 is 19.0. The van der Waals surface area contributed by atoms with Crippen LogP contribution in [0.2, 0.25) is 0 Å². The first-order valence-corrected chi connectivity index (χ1v) is 7.19. The Labute approximate surface area is 115 Å². The Kier molecular flexibility index (Phi) is 4.58. The van der Waals surface area contributed by atoms with Crippen molar-refractivity contribution in [2.75, 3.05) is 6.54 Å². The van der Waals surface area contributed by atoms with Gasteiger partial charge in [-0.1, -0.05) is 26.0 Å². The molecule has 5 atom stereocenters. The Morgan fingerprint density at radius 3 is 2.26 bits per heavy atom. The molecule has 0 spiro atoms. The van der Waals surface area contributed by atoms with E-state index in [-0.39, 0.29) is 24.1 Å². The number of halogens is 1. The van der Waals surface area contributed by atoms with Gasteiger partial charge in [-0.15, -0.1) is 0 Å². The Hall–Kier alpha value is -0.930. The number of hydrogen-bond donors (Lipinski definition) is 1. The Morgan fingerprint density at radius 2 is 1.79 bits per heavy atom. The summed E-state index contributed by atoms with van der Waals surface area (Å²) in [4.78, 5) is 0. The fraction of sp³-hybridized carbons (Fsp3) is 0.625. The van der Waals surface area contributed by atoms with E-state index in [1.807, 2.05) is 12.1 Å². The second-order valence-corrected chi connectivity index (χ2v) is 5.57. The van der Waals surface area contributed by atoms with E-state index in [0.717, 1.165) is 12.1 Å². The van der Waals surface area contributed by atoms with Crippen LogP contribution in [0.25, 0.3) is 0 Å². The summed E-state index contributed by atoms with van der Waals surface area (Å²) in [6.45, 7) is 9.51. The molecule has 1 aromatic carbocycles. The number of benzene rings is 1. The minimum atomic E-state index is -0.184. The van der Waals surface area contributed by atoms with Crippen LogP contribution in [0.3, 0.4) is 0 Å². The zero-order valence-corrected chi connectivity index (χ0v) is 12.2. The van der Waals surface area contributed by atoms with Gasteiger partial charge in [0.25, 0.3) is 0 Å². The largest absolute Gasteiger partial charge is 0.375 e. The van der Waals surface area contributed by atoms with Gasteiger partial charge in [0.05, 0.1) is 12.2 Å². The summed E-state index contributed by atoms with van der Waals surface area (Å²) in [6.07, 6.45) is 0.501. The van der Waals surface area contributed by atoms with Gasteiger partial charge < -0.3 is 10.1 Å². The van der Waals surface area contributed by atoms with Crippen LogP contribution in [0.4, 0.5) is 4.39 Å². The fourth-order valence-corrected chi connectivity index (χ4v) is 3.23. The van der Waals surface area contributed by atoms with Gasteiger partial charge in [0.1, 0.15) is 5.82 Å². The lowest BCUT2D eigenvalue weighted by Crippen LogP contribution is -2.34. The summed E-state index contributed by atoms with van der Waals surface area (Å²) in [5, 5.41) is 3.54. The Bertz CT molecular complexity index is 406. The van der Waals surface area contributed by atoms with E-state index in [0.29, 0.717) is 11.8 Å². The minimum absolute atomic E-state index is 0.184. The second-order valence-electron chi connectivity index (χ2n) is 5.57. The molecule has 0 bridgehead atoms. The summed E-state index contributed by atoms with van der Waals surface area (Å²) in [6, 6.07) is 7.05. The average Bonchev–Trinajstić information content (AvgIpc) is 2.62. The molecule has 106 valence electrons. The summed E-state index contributed by atoms with van der Waals surface area (Å²) in [5.41, 5.74) is 1.14. The molecular formula is C16H24FNO. The van der Waals surface area contributed by atoms with Crippen molar-refractivity contribution in [1.29, 1.82) is 0 Å². The zero-order valence-electron chi connectivity index (χ0n) is 12.2. The van der Waals surface area contributed by atoms with Crippen molar-refractivity contribution >= 4 is 0 Å². The highest BCUT2D eigenvalue weighted by molar-refractivity contribution is 5.22. The molecule has 0 aromatic heterocycles. The Morgan fingerprint density at radius 1 is 1.16 bits per heavy atom. The molecule has 0 radical (unpaired) electrons. The van der Waals surface area contributed by atoms with Crippen LogP contribution in [0.5, 0.6) is 0 Å². The van der Waals surface area contributed by atoms with Crippen molar-refractivity contribution in [3.8, 4) is 0 Å². The third kappa shape index (κ3) is 2.98. The zero-order chi connectivity index (χ0) is 14.0. The van der Waals surface area contributed by atoms with Gasteiger partial charge in [-0.25, -0.2) is 4.39 Å². The summed E-state index contributed by atoms with van der Waals surface area (Å²) in [7, 11) is 0. The lowest BCUT2D eigenvalue weighted by atomic mass is 9.80. The molecule has 0 saturated carbocycles. The highest BCUT2D eigenvalue weighted by Gasteiger charge is 2.41. The first kappa shape index (κ1) is 14.5. The topological polar surface area (TPSA) is 21.3 Å². The lowest BCUT2D eigenvalue weighted by molar-refractivity contribution is 0.0475. The highest BCUT2D eigenvalue weighted by atomic mass is 19.1. The molecule has 1 heterocycles. The van der Waals surface area contributed by atoms with E-state index in [4.69, 9.17) is 4.74 Å². The first-order chi connectivity index (χ1) is 9.04. The van der Waals surface area contributed by atoms with Gasteiger partial charge in [-0.3, -0.25) is 0 Å². The molecule has 3 heteroatoms. The molecule has 2 rings (SSSR count). The fourth-order valence-electron chi connectivity index (χ4n) is 3.23. The van der Waals surface area contributed by atoms with Crippen LogP contribution in [0.15, 0.2) is 24.3 Å². The van der Waals surface area contributed by atoms with Crippen LogP contribution in [-0.2, 0) is 4.74 Å². The highest BCUT2D eigenvalue weighted by Crippen LogP contribution is 2.40. The molecule has 1 aliphatic heterocycles. The minimum Gasteiger partial charge on any atom is -0.375 e. The van der Waals surface area contributed by atoms with Crippen molar-refractivity contribution in [3.63, 3.8) is 0 Å². The normalized spacial score (nSPS) is 32.5. The quantitative estimate of drug-likeness (QED) is 0.899. The Balaban J connectivity index is 2.27. The maximum Gasteiger partial charge on any atom is 0.123 e. The number of hydrogen-bond acceptors (Lipinski definition) is 2. The van der Waals surface area contributed by atoms with Gasteiger partial charge in [0.15, 0.2) is 0 Å². The van der Waals surface area contributed by atoms with Crippen LogP contribution in [-0.4, -0.2) is 18.8 Å². The molecule has 1 aromatic rings. The third-order valence-electron chi connectivity index (χ3n) is 4.36. The van der Waals surface area contributed by atoms with Crippen molar-refractivity contribution < 1.29 is 9.13 Å². The van der Waals surface area contributed by atoms with Crippen molar-refractivity contribution in [2.45, 2.75) is 45.9 Å². The molecule has 1 saturated heterocycles. The van der Waals surface area contributed by atoms with Crippen LogP contribution >= 0.6 is 0 Å². The van der Waals surface area contributed by atoms with E-state index in [9.17, 15) is 4.39 Å². The van der Waals surface area contributed by atoms with Crippen LogP contribution in [0.1, 0.15) is 39.3 Å². The lowest BCUT2D eigenvalue weighted by Gasteiger charge is -2.30. The van der Waals surface area contributed by atoms with E-state index in [1.165, 1.54) is 12.1 Å². The van der Waals surface area contributed by atoms with Gasteiger partial charge in [-0.05, 0) is 44.0 Å². The SMILES string of the molecule is CCNC(c1ccc(F)cc1)C1C(C)OC(C)C1C. The van der Waals surface area contributed by atoms with Crippen LogP contribution in [0, 0.1) is 17.7 Å². The molecule has 19 heavy (non-hydrogen) atoms. The molecule has 0 aliphatic carbocycles. The van der Waals surface area contributed by atoms with Crippen LogP contribution < -0.4 is 5.32 Å². The average molecular weight is 265 g/mol. The molecule has 0 amide bonds. The monoisotopic (exact) mass is 265 g/mol. The van der Waals surface area contributed by atoms with Crippen molar-refractivity contribution in [1.82, 2.24) is 5.32 Å². The summed E-state index contributed by atoms with van der Waals surface area (Å²) >= 11 is 0. The van der Waals surface area contributed by atoms with Gasteiger partial charge in [-0.2, -0.15) is 0 Å². The number of rotatable bonds is 4. The van der Waals surface area contributed by atoms with Crippen molar-refractivity contribution in [3.05, 3.63) is 35.6 Å². The predicted octanol–water partition coefficient (Wildman–Crippen LogP) is 3.54.